The molecule has 0 saturated carbocycles. The topological polar surface area (TPSA) is 37.8 Å². The molecule has 1 aromatic heterocycles. The molecule has 0 aliphatic heterocycles. The Bertz CT molecular complexity index is 329. The molecule has 0 saturated heterocycles. The summed E-state index contributed by atoms with van der Waals surface area (Å²) in [5.74, 6) is -3.51. The third-order valence-corrected chi connectivity index (χ3v) is 2.45. The quantitative estimate of drug-likeness (QED) is 0.796. The van der Waals surface area contributed by atoms with E-state index in [1.807, 2.05) is 6.92 Å². The van der Waals surface area contributed by atoms with E-state index in [0.717, 1.165) is 18.0 Å². The van der Waals surface area contributed by atoms with Gasteiger partial charge < -0.3 is 5.32 Å². The summed E-state index contributed by atoms with van der Waals surface area (Å²) >= 11 is 0.891. The summed E-state index contributed by atoms with van der Waals surface area (Å²) in [4.78, 5) is 3.88. The maximum Gasteiger partial charge on any atom is 0.324 e. The van der Waals surface area contributed by atoms with Gasteiger partial charge in [-0.25, -0.2) is 13.8 Å². The van der Waals surface area contributed by atoms with Crippen LogP contribution in [0.1, 0.15) is 19.2 Å². The summed E-state index contributed by atoms with van der Waals surface area (Å²) in [5, 5.41) is 2.30. The van der Waals surface area contributed by atoms with Crippen molar-refractivity contribution in [3.8, 4) is 0 Å². The molecule has 1 aromatic rings. The zero-order valence-corrected chi connectivity index (χ0v) is 9.33. The van der Waals surface area contributed by atoms with Gasteiger partial charge in [0.25, 0.3) is 0 Å². The lowest BCUT2D eigenvalue weighted by molar-refractivity contribution is -0.117. The molecule has 92 valence electrons. The SMILES string of the molecule is CCCc1nsc(NCC(F)(F)C(F)F)n1. The standard InChI is InChI=1S/C8H11F4N3S/c1-2-3-5-14-7(16-15-5)13-4-8(11,12)6(9)10/h6H,2-4H2,1H3,(H,13,14,15). The van der Waals surface area contributed by atoms with E-state index < -0.39 is 18.9 Å². The van der Waals surface area contributed by atoms with Crippen LogP contribution in [0.15, 0.2) is 0 Å². The lowest BCUT2D eigenvalue weighted by Gasteiger charge is -2.14. The molecule has 16 heavy (non-hydrogen) atoms. The fraction of sp³-hybridized carbons (Fsp3) is 0.750. The van der Waals surface area contributed by atoms with Crippen LogP contribution in [0.4, 0.5) is 22.7 Å². The maximum absolute atomic E-state index is 12.5. The first-order valence-electron chi connectivity index (χ1n) is 4.68. The van der Waals surface area contributed by atoms with Crippen molar-refractivity contribution >= 4 is 16.7 Å². The predicted molar refractivity (Wildman–Crippen MR) is 53.3 cm³/mol. The lowest BCUT2D eigenvalue weighted by atomic mass is 10.3. The molecule has 0 spiro atoms. The number of hydrogen-bond donors (Lipinski definition) is 1. The van der Waals surface area contributed by atoms with Crippen LogP contribution in [-0.2, 0) is 6.42 Å². The van der Waals surface area contributed by atoms with Gasteiger partial charge in [0.05, 0.1) is 6.54 Å². The average Bonchev–Trinajstić information content (AvgIpc) is 2.63. The molecule has 0 aliphatic carbocycles. The van der Waals surface area contributed by atoms with E-state index >= 15 is 0 Å². The molecule has 0 amide bonds. The van der Waals surface area contributed by atoms with Gasteiger partial charge in [0, 0.05) is 18.0 Å². The summed E-state index contributed by atoms with van der Waals surface area (Å²) in [6.07, 6.45) is -2.20. The van der Waals surface area contributed by atoms with Gasteiger partial charge in [0.1, 0.15) is 5.82 Å². The van der Waals surface area contributed by atoms with Crippen molar-refractivity contribution < 1.29 is 17.6 Å². The molecular formula is C8H11F4N3S. The summed E-state index contributed by atoms with van der Waals surface area (Å²) in [7, 11) is 0. The second-order valence-corrected chi connectivity index (χ2v) is 3.93. The molecule has 1 N–H and O–H groups in total. The minimum atomic E-state index is -4.05. The first-order valence-corrected chi connectivity index (χ1v) is 5.45. The summed E-state index contributed by atoms with van der Waals surface area (Å²) < 4.78 is 52.6. The third kappa shape index (κ3) is 3.58. The number of rotatable bonds is 6. The second-order valence-electron chi connectivity index (χ2n) is 3.18. The van der Waals surface area contributed by atoms with Crippen molar-refractivity contribution in [3.63, 3.8) is 0 Å². The monoisotopic (exact) mass is 257 g/mol. The van der Waals surface area contributed by atoms with E-state index in [-0.39, 0.29) is 5.13 Å². The molecular weight excluding hydrogens is 246 g/mol. The number of anilines is 1. The van der Waals surface area contributed by atoms with Crippen LogP contribution in [-0.4, -0.2) is 28.3 Å². The van der Waals surface area contributed by atoms with Gasteiger partial charge in [-0.15, -0.1) is 0 Å². The minimum absolute atomic E-state index is 0.142. The highest BCUT2D eigenvalue weighted by Gasteiger charge is 2.40. The lowest BCUT2D eigenvalue weighted by Crippen LogP contribution is -2.34. The first-order chi connectivity index (χ1) is 7.45. The van der Waals surface area contributed by atoms with E-state index in [2.05, 4.69) is 14.7 Å². The van der Waals surface area contributed by atoms with Crippen molar-refractivity contribution in [2.45, 2.75) is 32.1 Å². The van der Waals surface area contributed by atoms with Crippen molar-refractivity contribution in [2.75, 3.05) is 11.9 Å². The average molecular weight is 257 g/mol. The molecule has 0 radical (unpaired) electrons. The number of aryl methyl sites for hydroxylation is 1. The molecule has 0 fully saturated rings. The van der Waals surface area contributed by atoms with Crippen LogP contribution in [0.25, 0.3) is 0 Å². The van der Waals surface area contributed by atoms with E-state index in [4.69, 9.17) is 0 Å². The highest BCUT2D eigenvalue weighted by atomic mass is 32.1. The van der Waals surface area contributed by atoms with Gasteiger partial charge in [-0.1, -0.05) is 6.92 Å². The third-order valence-electron chi connectivity index (χ3n) is 1.74. The van der Waals surface area contributed by atoms with Crippen molar-refractivity contribution in [3.05, 3.63) is 5.82 Å². The fourth-order valence-electron chi connectivity index (χ4n) is 0.922. The molecule has 1 rings (SSSR count). The Hall–Kier alpha value is -0.920. The fourth-order valence-corrected chi connectivity index (χ4v) is 1.53. The predicted octanol–water partition coefficient (Wildman–Crippen LogP) is 2.80. The summed E-state index contributed by atoms with van der Waals surface area (Å²) in [6.45, 7) is 0.796. The van der Waals surface area contributed by atoms with Crippen LogP contribution in [0.5, 0.6) is 0 Å². The van der Waals surface area contributed by atoms with Crippen LogP contribution >= 0.6 is 11.5 Å². The van der Waals surface area contributed by atoms with Gasteiger partial charge >= 0.3 is 12.3 Å². The highest BCUT2D eigenvalue weighted by molar-refractivity contribution is 7.09. The summed E-state index contributed by atoms with van der Waals surface area (Å²) in [6, 6.07) is 0. The Morgan fingerprint density at radius 2 is 2.12 bits per heavy atom. The molecule has 0 aromatic carbocycles. The van der Waals surface area contributed by atoms with Gasteiger partial charge in [0.15, 0.2) is 0 Å². The van der Waals surface area contributed by atoms with Crippen molar-refractivity contribution in [1.29, 1.82) is 0 Å². The maximum atomic E-state index is 12.5. The largest absolute Gasteiger partial charge is 0.354 e. The zero-order chi connectivity index (χ0) is 12.2. The van der Waals surface area contributed by atoms with Crippen molar-refractivity contribution in [1.82, 2.24) is 9.36 Å². The molecule has 1 heterocycles. The smallest absolute Gasteiger partial charge is 0.324 e. The number of alkyl halides is 4. The Morgan fingerprint density at radius 3 is 2.69 bits per heavy atom. The highest BCUT2D eigenvalue weighted by Crippen LogP contribution is 2.23. The van der Waals surface area contributed by atoms with Gasteiger partial charge in [-0.3, -0.25) is 0 Å². The first kappa shape index (κ1) is 13.1. The Morgan fingerprint density at radius 1 is 1.44 bits per heavy atom. The Labute approximate surface area is 94.1 Å². The number of aromatic nitrogens is 2. The van der Waals surface area contributed by atoms with Gasteiger partial charge in [0.2, 0.25) is 5.13 Å². The summed E-state index contributed by atoms with van der Waals surface area (Å²) in [5.41, 5.74) is 0. The van der Waals surface area contributed by atoms with Crippen LogP contribution in [0.3, 0.4) is 0 Å². The van der Waals surface area contributed by atoms with Crippen LogP contribution in [0.2, 0.25) is 0 Å². The molecule has 0 unspecified atom stereocenters. The number of hydrogen-bond acceptors (Lipinski definition) is 4. The Balaban J connectivity index is 2.48. The second kappa shape index (κ2) is 5.42. The van der Waals surface area contributed by atoms with Crippen molar-refractivity contribution in [2.24, 2.45) is 0 Å². The molecule has 0 aliphatic rings. The molecule has 3 nitrogen and oxygen atoms in total. The normalized spacial score (nSPS) is 12.1. The van der Waals surface area contributed by atoms with E-state index in [9.17, 15) is 17.6 Å². The Kier molecular flexibility index (Phi) is 4.45. The number of nitrogens with zero attached hydrogens (tertiary/aromatic N) is 2. The zero-order valence-electron chi connectivity index (χ0n) is 8.51. The van der Waals surface area contributed by atoms with E-state index in [1.165, 1.54) is 0 Å². The van der Waals surface area contributed by atoms with Crippen LogP contribution in [0, 0.1) is 0 Å². The molecule has 8 heteroatoms. The molecule has 0 bridgehead atoms. The number of nitrogens with one attached hydrogen (secondary N) is 1. The van der Waals surface area contributed by atoms with Gasteiger partial charge in [-0.05, 0) is 6.42 Å². The van der Waals surface area contributed by atoms with E-state index in [0.29, 0.717) is 12.2 Å². The molecule has 0 atom stereocenters. The van der Waals surface area contributed by atoms with Gasteiger partial charge in [-0.2, -0.15) is 13.2 Å². The minimum Gasteiger partial charge on any atom is -0.354 e. The van der Waals surface area contributed by atoms with Crippen LogP contribution < -0.4 is 5.32 Å². The number of halogens is 4. The van der Waals surface area contributed by atoms with E-state index in [1.54, 1.807) is 0 Å².